The lowest BCUT2D eigenvalue weighted by Crippen LogP contribution is -2.29. The zero-order valence-corrected chi connectivity index (χ0v) is 17.2. The van der Waals surface area contributed by atoms with Crippen molar-refractivity contribution in [3.63, 3.8) is 0 Å². The summed E-state index contributed by atoms with van der Waals surface area (Å²) in [6, 6.07) is 17.1. The fourth-order valence-electron chi connectivity index (χ4n) is 3.11. The average molecular weight is 408 g/mol. The lowest BCUT2D eigenvalue weighted by atomic mass is 10.1. The largest absolute Gasteiger partial charge is 0.467 e. The number of benzene rings is 2. The van der Waals surface area contributed by atoms with Crippen LogP contribution in [0.5, 0.6) is 0 Å². The molecule has 0 bridgehead atoms. The Bertz CT molecular complexity index is 967. The van der Waals surface area contributed by atoms with Gasteiger partial charge in [0.2, 0.25) is 11.8 Å². The van der Waals surface area contributed by atoms with Gasteiger partial charge in [-0.15, -0.1) is 0 Å². The maximum absolute atomic E-state index is 13.2. The molecule has 1 aromatic heterocycles. The minimum absolute atomic E-state index is 0.0213. The third-order valence-electron chi connectivity index (χ3n) is 4.86. The van der Waals surface area contributed by atoms with Gasteiger partial charge < -0.3 is 14.2 Å². The Balaban J connectivity index is 1.67. The van der Waals surface area contributed by atoms with Crippen LogP contribution in [0.4, 0.5) is 10.1 Å². The first-order valence-corrected chi connectivity index (χ1v) is 9.86. The minimum Gasteiger partial charge on any atom is -0.467 e. The first-order chi connectivity index (χ1) is 14.5. The van der Waals surface area contributed by atoms with Gasteiger partial charge in [0.1, 0.15) is 11.6 Å². The molecule has 0 N–H and O–H groups in total. The molecule has 2 amide bonds. The Morgan fingerprint density at radius 3 is 2.17 bits per heavy atom. The molecule has 0 aliphatic heterocycles. The van der Waals surface area contributed by atoms with Crippen molar-refractivity contribution in [1.29, 1.82) is 0 Å². The fourth-order valence-corrected chi connectivity index (χ4v) is 3.11. The molecule has 30 heavy (non-hydrogen) atoms. The molecule has 2 aromatic carbocycles. The van der Waals surface area contributed by atoms with Crippen LogP contribution in [0.1, 0.15) is 30.2 Å². The number of carbonyl (C=O) groups is 2. The second-order valence-electron chi connectivity index (χ2n) is 7.13. The molecule has 0 spiro atoms. The first kappa shape index (κ1) is 21.3. The summed E-state index contributed by atoms with van der Waals surface area (Å²) in [6.45, 7) is 2.58. The Morgan fingerprint density at radius 2 is 1.57 bits per heavy atom. The summed E-state index contributed by atoms with van der Waals surface area (Å²) in [6.07, 6.45) is 2.21. The third kappa shape index (κ3) is 5.56. The van der Waals surface area contributed by atoms with Crippen LogP contribution in [0, 0.1) is 5.82 Å². The van der Waals surface area contributed by atoms with Crippen LogP contribution in [0.3, 0.4) is 0 Å². The molecule has 3 aromatic rings. The van der Waals surface area contributed by atoms with Gasteiger partial charge in [-0.25, -0.2) is 4.39 Å². The molecule has 0 aliphatic carbocycles. The topological polar surface area (TPSA) is 53.8 Å². The Morgan fingerprint density at radius 1 is 0.900 bits per heavy atom. The molecule has 3 rings (SSSR count). The Kier molecular flexibility index (Phi) is 7.01. The van der Waals surface area contributed by atoms with Crippen molar-refractivity contribution >= 4 is 17.5 Å². The molecule has 5 nitrogen and oxygen atoms in total. The highest BCUT2D eigenvalue weighted by Gasteiger charge is 2.16. The van der Waals surface area contributed by atoms with Gasteiger partial charge in [0.25, 0.3) is 0 Å². The highest BCUT2D eigenvalue weighted by atomic mass is 19.1. The number of likely N-dealkylation sites (N-methyl/N-ethyl adjacent to an activating group) is 1. The lowest BCUT2D eigenvalue weighted by Gasteiger charge is -2.23. The van der Waals surface area contributed by atoms with Crippen LogP contribution in [0.15, 0.2) is 71.3 Å². The predicted octanol–water partition coefficient (Wildman–Crippen LogP) is 4.56. The number of carbonyl (C=O) groups excluding carboxylic acids is 2. The van der Waals surface area contributed by atoms with Gasteiger partial charge >= 0.3 is 0 Å². The standard InChI is InChI=1S/C24H25FN2O3/c1-3-23(28)27(16-19-6-10-20(25)11-7-19)21-12-8-18(9-13-21)15-24(29)26(2)17-22-5-4-14-30-22/h4-14H,3,15-17H2,1-2H3. The molecule has 0 unspecified atom stereocenters. The van der Waals surface area contributed by atoms with E-state index in [0.717, 1.165) is 22.6 Å². The van der Waals surface area contributed by atoms with Crippen LogP contribution < -0.4 is 4.90 Å². The van der Waals surface area contributed by atoms with Gasteiger partial charge in [0.15, 0.2) is 0 Å². The minimum atomic E-state index is -0.307. The van der Waals surface area contributed by atoms with E-state index >= 15 is 0 Å². The van der Waals surface area contributed by atoms with E-state index in [2.05, 4.69) is 0 Å². The fraction of sp³-hybridized carbons (Fsp3) is 0.250. The van der Waals surface area contributed by atoms with Crippen LogP contribution in [-0.4, -0.2) is 23.8 Å². The molecule has 1 heterocycles. The molecule has 0 saturated heterocycles. The maximum atomic E-state index is 13.2. The molecule has 0 radical (unpaired) electrons. The van der Waals surface area contributed by atoms with E-state index in [1.165, 1.54) is 12.1 Å². The number of furan rings is 1. The second kappa shape index (κ2) is 9.87. The maximum Gasteiger partial charge on any atom is 0.227 e. The quantitative estimate of drug-likeness (QED) is 0.549. The summed E-state index contributed by atoms with van der Waals surface area (Å²) in [5, 5.41) is 0. The Labute approximate surface area is 175 Å². The summed E-state index contributed by atoms with van der Waals surface area (Å²) in [5.41, 5.74) is 2.45. The van der Waals surface area contributed by atoms with Gasteiger partial charge in [-0.1, -0.05) is 31.2 Å². The number of halogens is 1. The molecule has 6 heteroatoms. The zero-order chi connectivity index (χ0) is 21.5. The Hall–Kier alpha value is -3.41. The van der Waals surface area contributed by atoms with Crippen molar-refractivity contribution in [1.82, 2.24) is 4.90 Å². The number of anilines is 1. The molecule has 0 fully saturated rings. The monoisotopic (exact) mass is 408 g/mol. The summed E-state index contributed by atoms with van der Waals surface area (Å²) in [5.74, 6) is 0.377. The van der Waals surface area contributed by atoms with E-state index in [1.807, 2.05) is 37.3 Å². The number of rotatable bonds is 8. The van der Waals surface area contributed by atoms with E-state index in [9.17, 15) is 14.0 Å². The summed E-state index contributed by atoms with van der Waals surface area (Å²) in [7, 11) is 1.74. The van der Waals surface area contributed by atoms with E-state index in [-0.39, 0.29) is 24.1 Å². The van der Waals surface area contributed by atoms with Gasteiger partial charge in [-0.05, 0) is 47.5 Å². The second-order valence-corrected chi connectivity index (χ2v) is 7.13. The normalized spacial score (nSPS) is 10.6. The first-order valence-electron chi connectivity index (χ1n) is 9.86. The highest BCUT2D eigenvalue weighted by Crippen LogP contribution is 2.20. The van der Waals surface area contributed by atoms with Crippen LogP contribution in [-0.2, 0) is 29.1 Å². The summed E-state index contributed by atoms with van der Waals surface area (Å²) >= 11 is 0. The van der Waals surface area contributed by atoms with Gasteiger partial charge in [0, 0.05) is 19.2 Å². The van der Waals surface area contributed by atoms with E-state index in [0.29, 0.717) is 19.5 Å². The van der Waals surface area contributed by atoms with Crippen molar-refractivity contribution in [2.45, 2.75) is 32.9 Å². The van der Waals surface area contributed by atoms with Gasteiger partial charge in [-0.3, -0.25) is 9.59 Å². The van der Waals surface area contributed by atoms with Gasteiger partial charge in [0.05, 0.1) is 25.8 Å². The van der Waals surface area contributed by atoms with Crippen molar-refractivity contribution in [2.75, 3.05) is 11.9 Å². The molecular formula is C24H25FN2O3. The van der Waals surface area contributed by atoms with E-state index < -0.39 is 0 Å². The molecule has 0 atom stereocenters. The highest BCUT2D eigenvalue weighted by molar-refractivity contribution is 5.93. The zero-order valence-electron chi connectivity index (χ0n) is 17.2. The summed E-state index contributed by atoms with van der Waals surface area (Å²) < 4.78 is 18.4. The third-order valence-corrected chi connectivity index (χ3v) is 4.86. The van der Waals surface area contributed by atoms with E-state index in [4.69, 9.17) is 4.42 Å². The van der Waals surface area contributed by atoms with Crippen molar-refractivity contribution in [2.24, 2.45) is 0 Å². The average Bonchev–Trinajstić information content (AvgIpc) is 3.26. The van der Waals surface area contributed by atoms with E-state index in [1.54, 1.807) is 41.3 Å². The van der Waals surface area contributed by atoms with Crippen LogP contribution in [0.25, 0.3) is 0 Å². The number of nitrogens with zero attached hydrogens (tertiary/aromatic N) is 2. The predicted molar refractivity (Wildman–Crippen MR) is 113 cm³/mol. The van der Waals surface area contributed by atoms with Crippen molar-refractivity contribution < 1.29 is 18.4 Å². The molecule has 0 aliphatic rings. The van der Waals surface area contributed by atoms with Crippen molar-refractivity contribution in [3.05, 3.63) is 89.6 Å². The molecule has 156 valence electrons. The number of amides is 2. The van der Waals surface area contributed by atoms with Gasteiger partial charge in [-0.2, -0.15) is 0 Å². The number of hydrogen-bond acceptors (Lipinski definition) is 3. The molecule has 0 saturated carbocycles. The summed E-state index contributed by atoms with van der Waals surface area (Å²) in [4.78, 5) is 28.2. The SMILES string of the molecule is CCC(=O)N(Cc1ccc(F)cc1)c1ccc(CC(=O)N(C)Cc2ccco2)cc1. The molecular weight excluding hydrogens is 383 g/mol. The van der Waals surface area contributed by atoms with Crippen LogP contribution in [0.2, 0.25) is 0 Å². The smallest absolute Gasteiger partial charge is 0.227 e. The number of hydrogen-bond donors (Lipinski definition) is 0. The lowest BCUT2D eigenvalue weighted by molar-refractivity contribution is -0.130. The van der Waals surface area contributed by atoms with Crippen molar-refractivity contribution in [3.8, 4) is 0 Å². The van der Waals surface area contributed by atoms with Crippen LogP contribution >= 0.6 is 0 Å².